The first kappa shape index (κ1) is 14.6. The molecule has 106 valence electrons. The Kier molecular flexibility index (Phi) is 5.64. The molecule has 0 amide bonds. The summed E-state index contributed by atoms with van der Waals surface area (Å²) < 4.78 is 5.07. The molecular formula is C17H21NO2. The molecule has 1 aromatic rings. The van der Waals surface area contributed by atoms with Crippen LogP contribution in [0.25, 0.3) is 0 Å². The van der Waals surface area contributed by atoms with E-state index in [-0.39, 0.29) is 11.9 Å². The number of nitrogens with zero attached hydrogens (tertiary/aromatic N) is 1. The van der Waals surface area contributed by atoms with E-state index in [1.165, 1.54) is 0 Å². The maximum absolute atomic E-state index is 11.6. The Labute approximate surface area is 120 Å². The Hall–Kier alpha value is -1.79. The van der Waals surface area contributed by atoms with Crippen molar-refractivity contribution in [1.29, 1.82) is 0 Å². The zero-order chi connectivity index (χ0) is 14.2. The van der Waals surface area contributed by atoms with Crippen molar-refractivity contribution in [1.82, 2.24) is 4.90 Å². The normalized spacial score (nSPS) is 16.2. The monoisotopic (exact) mass is 271 g/mol. The van der Waals surface area contributed by atoms with Crippen LogP contribution in [-0.4, -0.2) is 37.1 Å². The Morgan fingerprint density at radius 1 is 1.30 bits per heavy atom. The van der Waals surface area contributed by atoms with Crippen molar-refractivity contribution >= 4 is 5.97 Å². The molecule has 1 aromatic carbocycles. The first-order chi connectivity index (χ1) is 9.79. The zero-order valence-corrected chi connectivity index (χ0v) is 12.0. The zero-order valence-electron chi connectivity index (χ0n) is 12.0. The maximum Gasteiger partial charge on any atom is 0.309 e. The van der Waals surface area contributed by atoms with Crippen molar-refractivity contribution in [3.63, 3.8) is 0 Å². The lowest BCUT2D eigenvalue weighted by Crippen LogP contribution is -2.37. The van der Waals surface area contributed by atoms with Crippen molar-refractivity contribution in [2.45, 2.75) is 19.8 Å². The van der Waals surface area contributed by atoms with Gasteiger partial charge in [0.2, 0.25) is 0 Å². The highest BCUT2D eigenvalue weighted by molar-refractivity contribution is 5.72. The number of carbonyl (C=O) groups excluding carboxylic acids is 1. The fraction of sp³-hybridized carbons (Fsp3) is 0.471. The topological polar surface area (TPSA) is 29.5 Å². The molecule has 1 aliphatic rings. The van der Waals surface area contributed by atoms with Crippen LogP contribution in [0, 0.1) is 17.8 Å². The number of esters is 1. The number of rotatable bonds is 3. The molecule has 0 radical (unpaired) electrons. The smallest absolute Gasteiger partial charge is 0.309 e. The lowest BCUT2D eigenvalue weighted by atomic mass is 9.97. The van der Waals surface area contributed by atoms with Gasteiger partial charge in [0.15, 0.2) is 0 Å². The van der Waals surface area contributed by atoms with Crippen LogP contribution in [0.3, 0.4) is 0 Å². The molecule has 0 N–H and O–H groups in total. The molecule has 0 bridgehead atoms. The molecule has 0 saturated carbocycles. The standard InChI is InChI=1S/C17H21NO2/c1-2-20-17(19)16-10-13-18(14-11-16)12-6-9-15-7-4-3-5-8-15/h3-5,7-8,16H,2,10-14H2,1H3. The summed E-state index contributed by atoms with van der Waals surface area (Å²) in [5.74, 6) is 6.40. The minimum Gasteiger partial charge on any atom is -0.466 e. The number of benzene rings is 1. The minimum absolute atomic E-state index is 0.0393. The van der Waals surface area contributed by atoms with Gasteiger partial charge >= 0.3 is 5.97 Å². The largest absolute Gasteiger partial charge is 0.466 e. The third-order valence-electron chi connectivity index (χ3n) is 3.52. The maximum atomic E-state index is 11.6. The second-order valence-electron chi connectivity index (χ2n) is 4.97. The molecule has 0 spiro atoms. The summed E-state index contributed by atoms with van der Waals surface area (Å²) in [6.07, 6.45) is 1.76. The van der Waals surface area contributed by atoms with Crippen molar-refractivity contribution in [2.75, 3.05) is 26.2 Å². The van der Waals surface area contributed by atoms with Gasteiger partial charge in [0.25, 0.3) is 0 Å². The molecule has 20 heavy (non-hydrogen) atoms. The van der Waals surface area contributed by atoms with E-state index in [2.05, 4.69) is 16.7 Å². The predicted octanol–water partition coefficient (Wildman–Crippen LogP) is 2.31. The van der Waals surface area contributed by atoms with Gasteiger partial charge in [-0.25, -0.2) is 0 Å². The highest BCUT2D eigenvalue weighted by Crippen LogP contribution is 2.18. The van der Waals surface area contributed by atoms with Crippen molar-refractivity contribution < 1.29 is 9.53 Å². The summed E-state index contributed by atoms with van der Waals surface area (Å²) in [4.78, 5) is 13.9. The van der Waals surface area contributed by atoms with Crippen LogP contribution in [-0.2, 0) is 9.53 Å². The molecule has 3 nitrogen and oxygen atoms in total. The van der Waals surface area contributed by atoms with Crippen molar-refractivity contribution in [3.8, 4) is 11.8 Å². The van der Waals surface area contributed by atoms with Gasteiger partial charge in [-0.3, -0.25) is 9.69 Å². The number of ether oxygens (including phenoxy) is 1. The first-order valence-electron chi connectivity index (χ1n) is 7.22. The summed E-state index contributed by atoms with van der Waals surface area (Å²) in [5.41, 5.74) is 1.05. The van der Waals surface area contributed by atoms with Gasteiger partial charge in [-0.2, -0.15) is 0 Å². The summed E-state index contributed by atoms with van der Waals surface area (Å²) in [6.45, 7) is 4.94. The number of hydrogen-bond acceptors (Lipinski definition) is 3. The summed E-state index contributed by atoms with van der Waals surface area (Å²) >= 11 is 0. The summed E-state index contributed by atoms with van der Waals surface area (Å²) in [5, 5.41) is 0. The second-order valence-corrected chi connectivity index (χ2v) is 4.97. The van der Waals surface area contributed by atoms with Gasteiger partial charge in [0, 0.05) is 5.56 Å². The molecule has 0 unspecified atom stereocenters. The van der Waals surface area contributed by atoms with E-state index in [9.17, 15) is 4.79 Å². The molecule has 1 saturated heterocycles. The third kappa shape index (κ3) is 4.40. The van der Waals surface area contributed by atoms with Crippen LogP contribution >= 0.6 is 0 Å². The Morgan fingerprint density at radius 3 is 2.65 bits per heavy atom. The fourth-order valence-corrected chi connectivity index (χ4v) is 2.36. The average Bonchev–Trinajstić information content (AvgIpc) is 2.49. The first-order valence-corrected chi connectivity index (χ1v) is 7.22. The number of carbonyl (C=O) groups is 1. The Morgan fingerprint density at radius 2 is 2.00 bits per heavy atom. The van der Waals surface area contributed by atoms with Crippen molar-refractivity contribution in [3.05, 3.63) is 35.9 Å². The molecule has 1 aliphatic heterocycles. The van der Waals surface area contributed by atoms with E-state index in [0.717, 1.165) is 38.0 Å². The quantitative estimate of drug-likeness (QED) is 0.624. The molecule has 3 heteroatoms. The molecule has 0 aromatic heterocycles. The predicted molar refractivity (Wildman–Crippen MR) is 79.1 cm³/mol. The van der Waals surface area contributed by atoms with E-state index in [1.54, 1.807) is 0 Å². The van der Waals surface area contributed by atoms with Crippen molar-refractivity contribution in [2.24, 2.45) is 5.92 Å². The van der Waals surface area contributed by atoms with Gasteiger partial charge in [-0.15, -0.1) is 0 Å². The van der Waals surface area contributed by atoms with Gasteiger partial charge < -0.3 is 4.74 Å². The van der Waals surface area contributed by atoms with Crippen LogP contribution in [0.2, 0.25) is 0 Å². The van der Waals surface area contributed by atoms with E-state index in [1.807, 2.05) is 37.3 Å². The van der Waals surface area contributed by atoms with Crippen LogP contribution in [0.5, 0.6) is 0 Å². The lowest BCUT2D eigenvalue weighted by Gasteiger charge is -2.29. The van der Waals surface area contributed by atoms with E-state index >= 15 is 0 Å². The third-order valence-corrected chi connectivity index (χ3v) is 3.52. The van der Waals surface area contributed by atoms with Crippen LogP contribution in [0.4, 0.5) is 0 Å². The molecule has 1 fully saturated rings. The Bertz CT molecular complexity index is 479. The van der Waals surface area contributed by atoms with Gasteiger partial charge in [-0.05, 0) is 45.0 Å². The number of hydrogen-bond donors (Lipinski definition) is 0. The van der Waals surface area contributed by atoms with Gasteiger partial charge in [0.1, 0.15) is 0 Å². The fourth-order valence-electron chi connectivity index (χ4n) is 2.36. The summed E-state index contributed by atoms with van der Waals surface area (Å²) in [7, 11) is 0. The molecule has 0 aliphatic carbocycles. The van der Waals surface area contributed by atoms with E-state index < -0.39 is 0 Å². The van der Waals surface area contributed by atoms with E-state index in [0.29, 0.717) is 6.61 Å². The molecule has 0 atom stereocenters. The van der Waals surface area contributed by atoms with E-state index in [4.69, 9.17) is 4.74 Å². The lowest BCUT2D eigenvalue weighted by molar-refractivity contribution is -0.149. The van der Waals surface area contributed by atoms with Gasteiger partial charge in [-0.1, -0.05) is 30.0 Å². The molecule has 1 heterocycles. The molecular weight excluding hydrogens is 250 g/mol. The SMILES string of the molecule is CCOC(=O)C1CCN(CC#Cc2ccccc2)CC1. The minimum atomic E-state index is -0.0393. The molecule has 2 rings (SSSR count). The van der Waals surface area contributed by atoms with Crippen LogP contribution in [0.1, 0.15) is 25.3 Å². The number of piperidine rings is 1. The Balaban J connectivity index is 1.75. The van der Waals surface area contributed by atoms with Gasteiger partial charge in [0.05, 0.1) is 19.1 Å². The highest BCUT2D eigenvalue weighted by Gasteiger charge is 2.25. The van der Waals surface area contributed by atoms with Crippen LogP contribution < -0.4 is 0 Å². The number of likely N-dealkylation sites (tertiary alicyclic amines) is 1. The average molecular weight is 271 g/mol. The highest BCUT2D eigenvalue weighted by atomic mass is 16.5. The van der Waals surface area contributed by atoms with Crippen LogP contribution in [0.15, 0.2) is 30.3 Å². The second kappa shape index (κ2) is 7.72. The summed E-state index contributed by atoms with van der Waals surface area (Å²) in [6, 6.07) is 10.0.